The minimum atomic E-state index is -0.710. The van der Waals surface area contributed by atoms with E-state index in [0.29, 0.717) is 28.3 Å². The van der Waals surface area contributed by atoms with Crippen molar-refractivity contribution >= 4 is 52.1 Å². The zero-order valence-corrected chi connectivity index (χ0v) is 18.5. The molecule has 0 saturated carbocycles. The summed E-state index contributed by atoms with van der Waals surface area (Å²) in [4.78, 5) is 33.6. The van der Waals surface area contributed by atoms with Crippen LogP contribution in [0.1, 0.15) is 17.3 Å². The lowest BCUT2D eigenvalue weighted by Gasteiger charge is -2.28. The molecule has 0 fully saturated rings. The van der Waals surface area contributed by atoms with E-state index in [1.807, 2.05) is 0 Å². The number of carbonyl (C=O) groups excluding carboxylic acids is 1. The first kappa shape index (κ1) is 21.7. The number of nitro benzene ring substituents is 2. The highest BCUT2D eigenvalue weighted by molar-refractivity contribution is 7.98. The molecule has 2 N–H and O–H groups in total. The van der Waals surface area contributed by atoms with E-state index in [2.05, 4.69) is 10.2 Å². The van der Waals surface area contributed by atoms with Crippen molar-refractivity contribution < 1.29 is 19.4 Å². The third-order valence-corrected chi connectivity index (χ3v) is 6.74. The molecule has 3 aromatic rings. The SMILES string of the molecule is NC(=S)C1=C(c2ccc([N+](=O)[O-])cc2)C2c3nnc(-c4ccc([N+](=O)[O-])cc4)n3SC2OC1=O. The number of aromatic nitrogens is 3. The van der Waals surface area contributed by atoms with Gasteiger partial charge in [0.05, 0.1) is 21.3 Å². The third kappa shape index (κ3) is 3.39. The van der Waals surface area contributed by atoms with Crippen LogP contribution >= 0.6 is 24.2 Å². The maximum Gasteiger partial charge on any atom is 0.342 e. The van der Waals surface area contributed by atoms with E-state index >= 15 is 0 Å². The summed E-state index contributed by atoms with van der Waals surface area (Å²) in [5.74, 6) is -0.427. The van der Waals surface area contributed by atoms with Crippen molar-refractivity contribution in [2.45, 2.75) is 11.4 Å². The van der Waals surface area contributed by atoms with Crippen molar-refractivity contribution in [3.63, 3.8) is 0 Å². The second-order valence-corrected chi connectivity index (χ2v) is 8.77. The molecule has 12 nitrogen and oxygen atoms in total. The lowest BCUT2D eigenvalue weighted by Crippen LogP contribution is -2.33. The molecule has 0 amide bonds. The Morgan fingerprint density at radius 3 is 2.09 bits per heavy atom. The van der Waals surface area contributed by atoms with Gasteiger partial charge in [-0.15, -0.1) is 10.2 Å². The molecule has 0 aliphatic carbocycles. The van der Waals surface area contributed by atoms with Gasteiger partial charge in [0.15, 0.2) is 17.1 Å². The molecular formula is C20H12N6O6S2. The molecule has 0 radical (unpaired) electrons. The zero-order valence-electron chi connectivity index (χ0n) is 16.9. The number of nitrogens with zero attached hydrogens (tertiary/aromatic N) is 5. The van der Waals surface area contributed by atoms with Crippen molar-refractivity contribution in [3.8, 4) is 11.4 Å². The summed E-state index contributed by atoms with van der Waals surface area (Å²) < 4.78 is 7.28. The summed E-state index contributed by atoms with van der Waals surface area (Å²) in [6.07, 6.45) is 0. The average molecular weight is 496 g/mol. The quantitative estimate of drug-likeness (QED) is 0.238. The number of hydrogen-bond acceptors (Lipinski definition) is 10. The van der Waals surface area contributed by atoms with Gasteiger partial charge in [-0.1, -0.05) is 12.2 Å². The van der Waals surface area contributed by atoms with Gasteiger partial charge in [-0.3, -0.25) is 20.2 Å². The maximum absolute atomic E-state index is 12.8. The van der Waals surface area contributed by atoms with Crippen molar-refractivity contribution in [3.05, 3.63) is 85.7 Å². The summed E-state index contributed by atoms with van der Waals surface area (Å²) in [6.45, 7) is 0. The number of nitrogens with two attached hydrogens (primary N) is 1. The van der Waals surface area contributed by atoms with Crippen LogP contribution < -0.4 is 5.73 Å². The van der Waals surface area contributed by atoms with Crippen LogP contribution in [-0.2, 0) is 9.53 Å². The second-order valence-electron chi connectivity index (χ2n) is 7.29. The summed E-state index contributed by atoms with van der Waals surface area (Å²) in [5, 5.41) is 30.6. The number of benzene rings is 2. The number of nitro groups is 2. The highest BCUT2D eigenvalue weighted by Gasteiger charge is 2.48. The van der Waals surface area contributed by atoms with Crippen molar-refractivity contribution in [2.75, 3.05) is 0 Å². The van der Waals surface area contributed by atoms with Gasteiger partial charge >= 0.3 is 5.97 Å². The molecule has 2 aliphatic heterocycles. The highest BCUT2D eigenvalue weighted by atomic mass is 32.2. The van der Waals surface area contributed by atoms with Crippen LogP contribution in [0.2, 0.25) is 0 Å². The number of rotatable bonds is 5. The molecule has 0 bridgehead atoms. The molecule has 34 heavy (non-hydrogen) atoms. The van der Waals surface area contributed by atoms with Gasteiger partial charge in [0.25, 0.3) is 11.4 Å². The Kier molecular flexibility index (Phi) is 5.10. The monoisotopic (exact) mass is 496 g/mol. The summed E-state index contributed by atoms with van der Waals surface area (Å²) in [6, 6.07) is 11.5. The van der Waals surface area contributed by atoms with E-state index in [-0.39, 0.29) is 21.9 Å². The molecule has 1 aromatic heterocycles. The van der Waals surface area contributed by atoms with Gasteiger partial charge in [-0.2, -0.15) is 0 Å². The van der Waals surface area contributed by atoms with E-state index in [0.717, 1.165) is 0 Å². The predicted molar refractivity (Wildman–Crippen MR) is 125 cm³/mol. The van der Waals surface area contributed by atoms with Gasteiger partial charge in [-0.25, -0.2) is 8.77 Å². The van der Waals surface area contributed by atoms with Crippen LogP contribution in [0.5, 0.6) is 0 Å². The second kappa shape index (κ2) is 8.00. The lowest BCUT2D eigenvalue weighted by molar-refractivity contribution is -0.385. The molecule has 2 aromatic carbocycles. The number of esters is 1. The number of carbonyl (C=O) groups is 1. The van der Waals surface area contributed by atoms with Crippen LogP contribution in [0, 0.1) is 20.2 Å². The first-order chi connectivity index (χ1) is 16.3. The fourth-order valence-electron chi connectivity index (χ4n) is 3.88. The Labute approximate surface area is 199 Å². The van der Waals surface area contributed by atoms with Crippen molar-refractivity contribution in [2.24, 2.45) is 5.73 Å². The topological polar surface area (TPSA) is 169 Å². The number of hydrogen-bond donors (Lipinski definition) is 1. The molecule has 2 atom stereocenters. The highest BCUT2D eigenvalue weighted by Crippen LogP contribution is 2.52. The molecule has 2 unspecified atom stereocenters. The fourth-order valence-corrected chi connectivity index (χ4v) is 5.29. The van der Waals surface area contributed by atoms with Gasteiger partial charge in [0.2, 0.25) is 0 Å². The zero-order chi connectivity index (χ0) is 24.1. The van der Waals surface area contributed by atoms with Crippen LogP contribution in [0.25, 0.3) is 17.0 Å². The van der Waals surface area contributed by atoms with Crippen LogP contribution in [-0.4, -0.2) is 40.4 Å². The number of ether oxygens (including phenoxy) is 1. The Bertz CT molecular complexity index is 1420. The van der Waals surface area contributed by atoms with E-state index in [4.69, 9.17) is 22.7 Å². The molecule has 5 rings (SSSR count). The molecule has 3 heterocycles. The molecule has 170 valence electrons. The van der Waals surface area contributed by atoms with Gasteiger partial charge in [0.1, 0.15) is 4.99 Å². The van der Waals surface area contributed by atoms with E-state index in [1.54, 1.807) is 16.1 Å². The minimum Gasteiger partial charge on any atom is -0.445 e. The van der Waals surface area contributed by atoms with Gasteiger partial charge < -0.3 is 10.5 Å². The number of non-ortho nitro benzene ring substituents is 2. The van der Waals surface area contributed by atoms with E-state index in [1.165, 1.54) is 48.3 Å². The largest absolute Gasteiger partial charge is 0.445 e. The van der Waals surface area contributed by atoms with Crippen LogP contribution in [0.4, 0.5) is 11.4 Å². The Balaban J connectivity index is 1.63. The Hall–Kier alpha value is -4.17. The number of fused-ring (bicyclic) bond motifs is 3. The van der Waals surface area contributed by atoms with Crippen molar-refractivity contribution in [1.82, 2.24) is 14.2 Å². The molecule has 0 saturated heterocycles. The molecule has 0 spiro atoms. The van der Waals surface area contributed by atoms with Crippen molar-refractivity contribution in [1.29, 1.82) is 0 Å². The predicted octanol–water partition coefficient (Wildman–Crippen LogP) is 2.98. The summed E-state index contributed by atoms with van der Waals surface area (Å²) in [5.41, 5.74) is 6.51. The smallest absolute Gasteiger partial charge is 0.342 e. The Morgan fingerprint density at radius 1 is 1.00 bits per heavy atom. The lowest BCUT2D eigenvalue weighted by atomic mass is 9.86. The standard InChI is InChI=1S/C20H12N6O6S2/c21-16(33)14-13(9-1-5-11(6-2-9)25(28)29)15-18-23-22-17(24(18)34-20(15)32-19(14)27)10-3-7-12(8-4-10)26(30)31/h1-8,15,20H,(H2,21,33). The van der Waals surface area contributed by atoms with Crippen LogP contribution in [0.15, 0.2) is 54.1 Å². The first-order valence-electron chi connectivity index (χ1n) is 9.63. The molecule has 2 aliphatic rings. The molecular weight excluding hydrogens is 484 g/mol. The van der Waals surface area contributed by atoms with Gasteiger partial charge in [-0.05, 0) is 35.4 Å². The van der Waals surface area contributed by atoms with Gasteiger partial charge in [0, 0.05) is 41.8 Å². The summed E-state index contributed by atoms with van der Waals surface area (Å²) >= 11 is 6.29. The van der Waals surface area contributed by atoms with E-state index < -0.39 is 27.2 Å². The summed E-state index contributed by atoms with van der Waals surface area (Å²) in [7, 11) is 0. The minimum absolute atomic E-state index is 0.000890. The van der Waals surface area contributed by atoms with Crippen LogP contribution in [0.3, 0.4) is 0 Å². The molecule has 14 heteroatoms. The first-order valence-corrected chi connectivity index (χ1v) is 10.9. The average Bonchev–Trinajstić information content (AvgIpc) is 3.37. The normalized spacial score (nSPS) is 18.8. The third-order valence-electron chi connectivity index (χ3n) is 5.39. The van der Waals surface area contributed by atoms with E-state index in [9.17, 15) is 25.0 Å². The maximum atomic E-state index is 12.8. The Morgan fingerprint density at radius 2 is 1.56 bits per heavy atom. The fraction of sp³-hybridized carbons (Fsp3) is 0.100. The number of thiocarbonyl (C=S) groups is 1.